The number of aromatic hydroxyl groups is 1. The lowest BCUT2D eigenvalue weighted by Gasteiger charge is -2.02. The minimum Gasteiger partial charge on any atom is -0.493 e. The van der Waals surface area contributed by atoms with Gasteiger partial charge in [-0.25, -0.2) is 0 Å². The van der Waals surface area contributed by atoms with Gasteiger partial charge in [0.1, 0.15) is 0 Å². The predicted octanol–water partition coefficient (Wildman–Crippen LogP) is 1.54. The minimum absolute atomic E-state index is 0.144. The first-order chi connectivity index (χ1) is 6.69. The van der Waals surface area contributed by atoms with Crippen LogP contribution in [0.4, 0.5) is 0 Å². The molecule has 0 fully saturated rings. The summed E-state index contributed by atoms with van der Waals surface area (Å²) in [7, 11) is 0. The molecular formula is C9H14N2O2S. The Morgan fingerprint density at radius 3 is 2.71 bits per heavy atom. The molecule has 1 heterocycles. The third-order valence-electron chi connectivity index (χ3n) is 1.77. The van der Waals surface area contributed by atoms with Gasteiger partial charge in [-0.15, -0.1) is 0 Å². The summed E-state index contributed by atoms with van der Waals surface area (Å²) in [6.07, 6.45) is 1.50. The number of nitrogens with zero attached hydrogens (tertiary/aromatic N) is 1. The summed E-state index contributed by atoms with van der Waals surface area (Å²) in [5, 5.41) is 9.92. The van der Waals surface area contributed by atoms with E-state index >= 15 is 0 Å². The van der Waals surface area contributed by atoms with Gasteiger partial charge in [0.15, 0.2) is 5.16 Å². The van der Waals surface area contributed by atoms with E-state index in [9.17, 15) is 9.90 Å². The van der Waals surface area contributed by atoms with Crippen LogP contribution >= 0.6 is 11.8 Å². The van der Waals surface area contributed by atoms with Crippen molar-refractivity contribution in [1.82, 2.24) is 9.97 Å². The number of H-pyrrole nitrogens is 1. The molecule has 0 saturated heterocycles. The second-order valence-corrected chi connectivity index (χ2v) is 3.96. The summed E-state index contributed by atoms with van der Waals surface area (Å²) in [5.74, 6) is 0.739. The van der Waals surface area contributed by atoms with E-state index in [1.807, 2.05) is 13.8 Å². The molecule has 0 aliphatic carbocycles. The Kier molecular flexibility index (Phi) is 4.00. The molecule has 0 aliphatic rings. The van der Waals surface area contributed by atoms with E-state index in [1.165, 1.54) is 11.8 Å². The molecule has 0 atom stereocenters. The maximum atomic E-state index is 11.4. The number of nitrogens with one attached hydrogen (secondary N) is 1. The fraction of sp³-hybridized carbons (Fsp3) is 0.556. The average molecular weight is 214 g/mol. The molecule has 5 heteroatoms. The first kappa shape index (κ1) is 11.1. The lowest BCUT2D eigenvalue weighted by atomic mass is 10.2. The molecule has 4 nitrogen and oxygen atoms in total. The zero-order valence-corrected chi connectivity index (χ0v) is 9.15. The molecule has 2 N–H and O–H groups in total. The number of rotatable bonds is 4. The van der Waals surface area contributed by atoms with Gasteiger partial charge in [-0.2, -0.15) is 4.98 Å². The highest BCUT2D eigenvalue weighted by atomic mass is 32.2. The molecule has 0 bridgehead atoms. The van der Waals surface area contributed by atoms with E-state index in [0.717, 1.165) is 12.2 Å². The van der Waals surface area contributed by atoms with Crippen LogP contribution in [-0.2, 0) is 6.42 Å². The van der Waals surface area contributed by atoms with Crippen molar-refractivity contribution < 1.29 is 5.11 Å². The zero-order chi connectivity index (χ0) is 10.6. The van der Waals surface area contributed by atoms with Crippen LogP contribution < -0.4 is 5.56 Å². The standard InChI is InChI=1S/C9H14N2O2S/c1-3-5-14-9-10-7(12)6(4-2)8(13)11-9/h3-5H2,1-2H3,(H2,10,11,12,13). The molecule has 0 aliphatic heterocycles. The SMILES string of the molecule is CCCSc1nc(O)c(CC)c(=O)[nH]1. The van der Waals surface area contributed by atoms with Gasteiger partial charge in [0.05, 0.1) is 5.56 Å². The molecule has 0 unspecified atom stereocenters. The van der Waals surface area contributed by atoms with E-state index < -0.39 is 0 Å². The topological polar surface area (TPSA) is 66.0 Å². The second-order valence-electron chi connectivity index (χ2n) is 2.88. The Labute approximate surface area is 86.8 Å². The van der Waals surface area contributed by atoms with Crippen LogP contribution in [0.15, 0.2) is 9.95 Å². The van der Waals surface area contributed by atoms with Gasteiger partial charge in [-0.05, 0) is 12.8 Å². The van der Waals surface area contributed by atoms with E-state index in [-0.39, 0.29) is 11.4 Å². The largest absolute Gasteiger partial charge is 0.493 e. The van der Waals surface area contributed by atoms with Gasteiger partial charge in [0, 0.05) is 5.75 Å². The van der Waals surface area contributed by atoms with E-state index in [4.69, 9.17) is 0 Å². The summed E-state index contributed by atoms with van der Waals surface area (Å²) in [5.41, 5.74) is 0.115. The van der Waals surface area contributed by atoms with Crippen molar-refractivity contribution in [3.05, 3.63) is 15.9 Å². The van der Waals surface area contributed by atoms with Crippen LogP contribution in [-0.4, -0.2) is 20.8 Å². The quantitative estimate of drug-likeness (QED) is 0.589. The van der Waals surface area contributed by atoms with Gasteiger partial charge in [0.25, 0.3) is 5.56 Å². The Balaban J connectivity index is 2.96. The van der Waals surface area contributed by atoms with Crippen molar-refractivity contribution in [2.24, 2.45) is 0 Å². The van der Waals surface area contributed by atoms with Crippen molar-refractivity contribution in [3.63, 3.8) is 0 Å². The lowest BCUT2D eigenvalue weighted by molar-refractivity contribution is 0.436. The van der Waals surface area contributed by atoms with E-state index in [0.29, 0.717) is 17.1 Å². The summed E-state index contributed by atoms with van der Waals surface area (Å²) < 4.78 is 0. The fourth-order valence-corrected chi connectivity index (χ4v) is 1.76. The zero-order valence-electron chi connectivity index (χ0n) is 8.33. The molecule has 0 saturated carbocycles. The Bertz CT molecular complexity index is 362. The van der Waals surface area contributed by atoms with Crippen LogP contribution in [0, 0.1) is 0 Å². The fourth-order valence-electron chi connectivity index (χ4n) is 1.05. The van der Waals surface area contributed by atoms with Crippen LogP contribution in [0.2, 0.25) is 0 Å². The second kappa shape index (κ2) is 5.05. The highest BCUT2D eigenvalue weighted by Gasteiger charge is 2.08. The Morgan fingerprint density at radius 2 is 2.21 bits per heavy atom. The maximum Gasteiger partial charge on any atom is 0.258 e. The van der Waals surface area contributed by atoms with Crippen LogP contribution in [0.1, 0.15) is 25.8 Å². The van der Waals surface area contributed by atoms with Crippen molar-refractivity contribution in [2.45, 2.75) is 31.8 Å². The Hall–Kier alpha value is -0.970. The highest BCUT2D eigenvalue weighted by molar-refractivity contribution is 7.99. The van der Waals surface area contributed by atoms with E-state index in [2.05, 4.69) is 9.97 Å². The van der Waals surface area contributed by atoms with Gasteiger partial charge in [-0.3, -0.25) is 4.79 Å². The number of hydrogen-bond donors (Lipinski definition) is 2. The number of thioether (sulfide) groups is 1. The molecule has 0 amide bonds. The molecule has 1 aromatic rings. The van der Waals surface area contributed by atoms with Gasteiger partial charge < -0.3 is 10.1 Å². The molecule has 1 aromatic heterocycles. The monoisotopic (exact) mass is 214 g/mol. The number of aromatic amines is 1. The van der Waals surface area contributed by atoms with E-state index in [1.54, 1.807) is 0 Å². The maximum absolute atomic E-state index is 11.4. The predicted molar refractivity (Wildman–Crippen MR) is 56.9 cm³/mol. The molecule has 0 aromatic carbocycles. The normalized spacial score (nSPS) is 10.4. The number of aromatic nitrogens is 2. The molecule has 1 rings (SSSR count). The minimum atomic E-state index is -0.237. The van der Waals surface area contributed by atoms with Gasteiger partial charge in [0.2, 0.25) is 5.88 Å². The number of hydrogen-bond acceptors (Lipinski definition) is 4. The highest BCUT2D eigenvalue weighted by Crippen LogP contribution is 2.16. The van der Waals surface area contributed by atoms with Crippen LogP contribution in [0.25, 0.3) is 0 Å². The van der Waals surface area contributed by atoms with Crippen molar-refractivity contribution >= 4 is 11.8 Å². The van der Waals surface area contributed by atoms with Gasteiger partial charge >= 0.3 is 0 Å². The molecule has 0 spiro atoms. The molecule has 0 radical (unpaired) electrons. The third kappa shape index (κ3) is 2.51. The summed E-state index contributed by atoms with van der Waals surface area (Å²) in [6, 6.07) is 0. The van der Waals surface area contributed by atoms with Gasteiger partial charge in [-0.1, -0.05) is 25.6 Å². The lowest BCUT2D eigenvalue weighted by Crippen LogP contribution is -2.14. The molecular weight excluding hydrogens is 200 g/mol. The van der Waals surface area contributed by atoms with Crippen molar-refractivity contribution in [1.29, 1.82) is 0 Å². The van der Waals surface area contributed by atoms with Crippen LogP contribution in [0.3, 0.4) is 0 Å². The van der Waals surface area contributed by atoms with Crippen molar-refractivity contribution in [3.8, 4) is 5.88 Å². The smallest absolute Gasteiger partial charge is 0.258 e. The molecule has 14 heavy (non-hydrogen) atoms. The summed E-state index contributed by atoms with van der Waals surface area (Å²) in [6.45, 7) is 3.86. The Morgan fingerprint density at radius 1 is 1.50 bits per heavy atom. The summed E-state index contributed by atoms with van der Waals surface area (Å²) in [4.78, 5) is 17.9. The first-order valence-corrected chi connectivity index (χ1v) is 5.62. The first-order valence-electron chi connectivity index (χ1n) is 4.64. The third-order valence-corrected chi connectivity index (χ3v) is 2.85. The average Bonchev–Trinajstić information content (AvgIpc) is 2.14. The van der Waals surface area contributed by atoms with Crippen LogP contribution in [0.5, 0.6) is 5.88 Å². The molecule has 78 valence electrons. The summed E-state index contributed by atoms with van der Waals surface area (Å²) >= 11 is 1.44. The van der Waals surface area contributed by atoms with Crippen molar-refractivity contribution in [2.75, 3.05) is 5.75 Å².